The van der Waals surface area contributed by atoms with Crippen molar-refractivity contribution in [2.75, 3.05) is 0 Å². The predicted molar refractivity (Wildman–Crippen MR) is 80.4 cm³/mol. The highest BCUT2D eigenvalue weighted by atomic mass is 79.9. The number of nitrogens with zero attached hydrogens (tertiary/aromatic N) is 1. The summed E-state index contributed by atoms with van der Waals surface area (Å²) < 4.78 is 44.0. The third-order valence-electron chi connectivity index (χ3n) is 3.04. The van der Waals surface area contributed by atoms with Crippen molar-refractivity contribution in [3.05, 3.63) is 56.4 Å². The molecule has 7 heteroatoms. The van der Waals surface area contributed by atoms with Gasteiger partial charge in [-0.15, -0.1) is 0 Å². The van der Waals surface area contributed by atoms with E-state index in [1.165, 1.54) is 6.07 Å². The fourth-order valence-electron chi connectivity index (χ4n) is 2.00. The summed E-state index contributed by atoms with van der Waals surface area (Å²) in [5, 5.41) is 0. The molecule has 1 aromatic heterocycles. The van der Waals surface area contributed by atoms with Gasteiger partial charge in [-0.2, -0.15) is 13.2 Å². The second-order valence-corrected chi connectivity index (χ2v) is 5.72. The van der Waals surface area contributed by atoms with Gasteiger partial charge < -0.3 is 9.30 Å². The first kappa shape index (κ1) is 16.6. The third-order valence-corrected chi connectivity index (χ3v) is 3.66. The lowest BCUT2D eigenvalue weighted by Crippen LogP contribution is -2.28. The molecule has 0 fully saturated rings. The lowest BCUT2D eigenvalue weighted by atomic mass is 10.1. The summed E-state index contributed by atoms with van der Waals surface area (Å²) in [6.07, 6.45) is -3.40. The van der Waals surface area contributed by atoms with Crippen LogP contribution in [0.15, 0.2) is 39.7 Å². The van der Waals surface area contributed by atoms with Crippen LogP contribution in [0.2, 0.25) is 0 Å². The number of rotatable bonds is 3. The zero-order valence-corrected chi connectivity index (χ0v) is 13.5. The van der Waals surface area contributed by atoms with Crippen molar-refractivity contribution in [1.29, 1.82) is 0 Å². The van der Waals surface area contributed by atoms with Crippen molar-refractivity contribution in [3.63, 3.8) is 0 Å². The van der Waals surface area contributed by atoms with Crippen LogP contribution < -0.4 is 10.3 Å². The van der Waals surface area contributed by atoms with Crippen LogP contribution in [0.3, 0.4) is 0 Å². The number of ether oxygens (including phenoxy) is 1. The van der Waals surface area contributed by atoms with Gasteiger partial charge in [-0.25, -0.2) is 0 Å². The monoisotopic (exact) mass is 375 g/mol. The molecule has 0 aliphatic heterocycles. The molecule has 0 N–H and O–H groups in total. The first-order valence-electron chi connectivity index (χ1n) is 6.39. The molecule has 0 aliphatic rings. The smallest absolute Gasteiger partial charge is 0.406 e. The third kappa shape index (κ3) is 3.71. The minimum Gasteiger partial charge on any atom is -0.450 e. The SMILES string of the molecule is Cc1cccc(C)c1Oc1c(Br)ccn(CC(F)(F)F)c1=O. The molecule has 1 aromatic carbocycles. The summed E-state index contributed by atoms with van der Waals surface area (Å²) in [4.78, 5) is 12.2. The first-order chi connectivity index (χ1) is 10.2. The number of hydrogen-bond acceptors (Lipinski definition) is 2. The molecule has 22 heavy (non-hydrogen) atoms. The van der Waals surface area contributed by atoms with E-state index in [1.807, 2.05) is 6.07 Å². The number of hydrogen-bond donors (Lipinski definition) is 0. The standard InChI is InChI=1S/C15H13BrF3NO2/c1-9-4-3-5-10(2)12(9)22-13-11(16)6-7-20(14(13)21)8-15(17,18)19/h3-7H,8H2,1-2H3. The van der Waals surface area contributed by atoms with Gasteiger partial charge >= 0.3 is 6.18 Å². The molecular weight excluding hydrogens is 363 g/mol. The van der Waals surface area contributed by atoms with Gasteiger partial charge in [0.05, 0.1) is 4.47 Å². The Kier molecular flexibility index (Phi) is 4.65. The maximum Gasteiger partial charge on any atom is 0.406 e. The summed E-state index contributed by atoms with van der Waals surface area (Å²) in [6, 6.07) is 6.79. The molecule has 2 aromatic rings. The molecule has 0 saturated carbocycles. The second-order valence-electron chi connectivity index (χ2n) is 4.86. The van der Waals surface area contributed by atoms with Crippen LogP contribution in [-0.2, 0) is 6.54 Å². The van der Waals surface area contributed by atoms with E-state index in [1.54, 1.807) is 26.0 Å². The van der Waals surface area contributed by atoms with E-state index >= 15 is 0 Å². The molecule has 0 bridgehead atoms. The molecule has 0 unspecified atom stereocenters. The lowest BCUT2D eigenvalue weighted by Gasteiger charge is -2.15. The summed E-state index contributed by atoms with van der Waals surface area (Å²) >= 11 is 3.15. The number of alkyl halides is 3. The first-order valence-corrected chi connectivity index (χ1v) is 7.18. The molecule has 0 spiro atoms. The van der Waals surface area contributed by atoms with Gasteiger partial charge in [0.1, 0.15) is 12.3 Å². The Hall–Kier alpha value is -1.76. The average molecular weight is 376 g/mol. The molecule has 2 rings (SSSR count). The van der Waals surface area contributed by atoms with Crippen LogP contribution in [0.1, 0.15) is 11.1 Å². The fraction of sp³-hybridized carbons (Fsp3) is 0.267. The number of aromatic nitrogens is 1. The molecule has 1 heterocycles. The Bertz CT molecular complexity index is 733. The lowest BCUT2D eigenvalue weighted by molar-refractivity contribution is -0.141. The Morgan fingerprint density at radius 1 is 1.14 bits per heavy atom. The predicted octanol–water partition coefficient (Wildman–Crippen LogP) is 4.58. The van der Waals surface area contributed by atoms with Crippen LogP contribution in [0, 0.1) is 13.8 Å². The van der Waals surface area contributed by atoms with Crippen LogP contribution >= 0.6 is 15.9 Å². The van der Waals surface area contributed by atoms with E-state index < -0.39 is 18.3 Å². The maximum atomic E-state index is 12.5. The topological polar surface area (TPSA) is 31.2 Å². The number of pyridine rings is 1. The van der Waals surface area contributed by atoms with E-state index in [4.69, 9.17) is 4.74 Å². The van der Waals surface area contributed by atoms with Crippen LogP contribution in [0.25, 0.3) is 0 Å². The number of benzene rings is 1. The van der Waals surface area contributed by atoms with Gasteiger partial charge in [-0.3, -0.25) is 4.79 Å². The van der Waals surface area contributed by atoms with Crippen LogP contribution in [-0.4, -0.2) is 10.7 Å². The average Bonchev–Trinajstić information content (AvgIpc) is 2.39. The van der Waals surface area contributed by atoms with Crippen molar-refractivity contribution in [1.82, 2.24) is 4.57 Å². The highest BCUT2D eigenvalue weighted by Gasteiger charge is 2.29. The normalized spacial score (nSPS) is 11.5. The largest absolute Gasteiger partial charge is 0.450 e. The minimum absolute atomic E-state index is 0.163. The molecule has 3 nitrogen and oxygen atoms in total. The second kappa shape index (κ2) is 6.16. The molecule has 0 saturated heterocycles. The van der Waals surface area contributed by atoms with Crippen molar-refractivity contribution in [2.45, 2.75) is 26.6 Å². The Balaban J connectivity index is 2.48. The summed E-state index contributed by atoms with van der Waals surface area (Å²) in [6.45, 7) is 2.24. The Labute approximate surface area is 133 Å². The van der Waals surface area contributed by atoms with Crippen molar-refractivity contribution >= 4 is 15.9 Å². The van der Waals surface area contributed by atoms with Gasteiger partial charge in [-0.05, 0) is 47.0 Å². The van der Waals surface area contributed by atoms with E-state index in [-0.39, 0.29) is 5.75 Å². The summed E-state index contributed by atoms with van der Waals surface area (Å²) in [7, 11) is 0. The highest BCUT2D eigenvalue weighted by Crippen LogP contribution is 2.31. The molecule has 0 radical (unpaired) electrons. The number of halogens is 4. The van der Waals surface area contributed by atoms with Gasteiger partial charge in [0, 0.05) is 6.20 Å². The molecule has 0 aliphatic carbocycles. The van der Waals surface area contributed by atoms with E-state index in [0.29, 0.717) is 14.8 Å². The summed E-state index contributed by atoms with van der Waals surface area (Å²) in [5.41, 5.74) is 0.740. The number of para-hydroxylation sites is 1. The number of aryl methyl sites for hydroxylation is 2. The van der Waals surface area contributed by atoms with Crippen LogP contribution in [0.4, 0.5) is 13.2 Å². The molecule has 0 amide bonds. The van der Waals surface area contributed by atoms with E-state index in [2.05, 4.69) is 15.9 Å². The summed E-state index contributed by atoms with van der Waals surface area (Å²) in [5.74, 6) is 0.300. The van der Waals surface area contributed by atoms with Crippen molar-refractivity contribution in [3.8, 4) is 11.5 Å². The minimum atomic E-state index is -4.48. The molecule has 118 valence electrons. The maximum absolute atomic E-state index is 12.5. The zero-order valence-electron chi connectivity index (χ0n) is 11.9. The van der Waals surface area contributed by atoms with Gasteiger partial charge in [0.2, 0.25) is 5.75 Å². The van der Waals surface area contributed by atoms with Crippen LogP contribution in [0.5, 0.6) is 11.5 Å². The highest BCUT2D eigenvalue weighted by molar-refractivity contribution is 9.10. The molecular formula is C15H13BrF3NO2. The van der Waals surface area contributed by atoms with Gasteiger partial charge in [0.25, 0.3) is 5.56 Å². The Morgan fingerprint density at radius 3 is 2.27 bits per heavy atom. The van der Waals surface area contributed by atoms with Crippen molar-refractivity contribution < 1.29 is 17.9 Å². The van der Waals surface area contributed by atoms with Crippen molar-refractivity contribution in [2.24, 2.45) is 0 Å². The molecule has 0 atom stereocenters. The quantitative estimate of drug-likeness (QED) is 0.785. The van der Waals surface area contributed by atoms with E-state index in [9.17, 15) is 18.0 Å². The fourth-order valence-corrected chi connectivity index (χ4v) is 2.37. The Morgan fingerprint density at radius 2 is 1.73 bits per heavy atom. The van der Waals surface area contributed by atoms with E-state index in [0.717, 1.165) is 17.3 Å². The zero-order chi connectivity index (χ0) is 16.5. The van der Waals surface area contributed by atoms with Gasteiger partial charge in [0.15, 0.2) is 0 Å². The van der Waals surface area contributed by atoms with Gasteiger partial charge in [-0.1, -0.05) is 18.2 Å².